The van der Waals surface area contributed by atoms with Crippen molar-refractivity contribution < 1.29 is 14.7 Å². The average molecular weight is 260 g/mol. The highest BCUT2D eigenvalue weighted by Crippen LogP contribution is 2.14. The molecule has 2 unspecified atom stereocenters. The van der Waals surface area contributed by atoms with Crippen molar-refractivity contribution in [2.24, 2.45) is 5.92 Å². The van der Waals surface area contributed by atoms with Gasteiger partial charge in [0.25, 0.3) is 5.91 Å². The Labute approximate surface area is 110 Å². The second kappa shape index (κ2) is 5.14. The van der Waals surface area contributed by atoms with Crippen LogP contribution in [-0.2, 0) is 4.79 Å². The Balaban J connectivity index is 2.13. The fourth-order valence-electron chi connectivity index (χ4n) is 1.82. The lowest BCUT2D eigenvalue weighted by Gasteiger charge is -2.17. The third-order valence-corrected chi connectivity index (χ3v) is 3.31. The van der Waals surface area contributed by atoms with Crippen molar-refractivity contribution >= 4 is 22.8 Å². The van der Waals surface area contributed by atoms with Crippen LogP contribution in [0.5, 0.6) is 0 Å². The molecule has 0 saturated carbocycles. The number of hydrogen-bond donors (Lipinski definition) is 3. The number of aromatic amines is 1. The second-order valence-corrected chi connectivity index (χ2v) is 4.67. The Bertz CT molecular complexity index is 618. The molecule has 5 heteroatoms. The van der Waals surface area contributed by atoms with Crippen molar-refractivity contribution in [1.29, 1.82) is 0 Å². The Morgan fingerprint density at radius 3 is 2.68 bits per heavy atom. The number of carbonyl (C=O) groups is 2. The van der Waals surface area contributed by atoms with Crippen molar-refractivity contribution in [2.45, 2.75) is 19.9 Å². The van der Waals surface area contributed by atoms with Crippen LogP contribution >= 0.6 is 0 Å². The molecule has 0 aliphatic heterocycles. The van der Waals surface area contributed by atoms with E-state index in [1.165, 1.54) is 0 Å². The molecule has 1 aromatic carbocycles. The van der Waals surface area contributed by atoms with E-state index in [4.69, 9.17) is 5.11 Å². The maximum absolute atomic E-state index is 12.0. The van der Waals surface area contributed by atoms with Gasteiger partial charge in [-0.1, -0.05) is 0 Å². The summed E-state index contributed by atoms with van der Waals surface area (Å²) in [5.41, 5.74) is 1.49. The van der Waals surface area contributed by atoms with E-state index < -0.39 is 17.9 Å². The predicted octanol–water partition coefficient (Wildman–Crippen LogP) is 2.01. The highest BCUT2D eigenvalue weighted by molar-refractivity contribution is 5.98. The molecule has 2 aromatic rings. The summed E-state index contributed by atoms with van der Waals surface area (Å²) in [6, 6.07) is 6.78. The van der Waals surface area contributed by atoms with Crippen LogP contribution in [0.1, 0.15) is 24.2 Å². The first-order valence-electron chi connectivity index (χ1n) is 6.10. The highest BCUT2D eigenvalue weighted by atomic mass is 16.4. The number of carbonyl (C=O) groups excluding carboxylic acids is 1. The number of benzene rings is 1. The molecule has 19 heavy (non-hydrogen) atoms. The molecule has 0 aliphatic carbocycles. The third-order valence-electron chi connectivity index (χ3n) is 3.31. The van der Waals surface area contributed by atoms with Crippen molar-refractivity contribution in [3.63, 3.8) is 0 Å². The SMILES string of the molecule is CC(NC(=O)c1ccc2[nH]ccc2c1)C(C)C(=O)O. The van der Waals surface area contributed by atoms with Gasteiger partial charge in [-0.05, 0) is 38.1 Å². The molecule has 5 nitrogen and oxygen atoms in total. The topological polar surface area (TPSA) is 82.2 Å². The molecule has 0 bridgehead atoms. The quantitative estimate of drug-likeness (QED) is 0.786. The van der Waals surface area contributed by atoms with Gasteiger partial charge in [-0.2, -0.15) is 0 Å². The minimum absolute atomic E-state index is 0.260. The van der Waals surface area contributed by atoms with Crippen molar-refractivity contribution in [2.75, 3.05) is 0 Å². The molecule has 1 amide bonds. The number of amides is 1. The van der Waals surface area contributed by atoms with Crippen LogP contribution in [0.3, 0.4) is 0 Å². The Hall–Kier alpha value is -2.30. The van der Waals surface area contributed by atoms with Crippen LogP contribution in [0.25, 0.3) is 10.9 Å². The zero-order valence-corrected chi connectivity index (χ0v) is 10.8. The number of fused-ring (bicyclic) bond motifs is 1. The lowest BCUT2D eigenvalue weighted by atomic mass is 10.0. The number of nitrogens with one attached hydrogen (secondary N) is 2. The summed E-state index contributed by atoms with van der Waals surface area (Å²) >= 11 is 0. The van der Waals surface area contributed by atoms with Gasteiger partial charge in [-0.3, -0.25) is 9.59 Å². The van der Waals surface area contributed by atoms with Gasteiger partial charge in [0.15, 0.2) is 0 Å². The molecule has 0 saturated heterocycles. The van der Waals surface area contributed by atoms with E-state index in [0.717, 1.165) is 10.9 Å². The first-order chi connectivity index (χ1) is 8.99. The van der Waals surface area contributed by atoms with E-state index in [1.54, 1.807) is 26.0 Å². The van der Waals surface area contributed by atoms with Crippen molar-refractivity contribution in [3.8, 4) is 0 Å². The lowest BCUT2D eigenvalue weighted by molar-refractivity contribution is -0.141. The summed E-state index contributed by atoms with van der Waals surface area (Å²) in [4.78, 5) is 25.9. The zero-order chi connectivity index (χ0) is 14.0. The molecule has 0 aliphatic rings. The number of H-pyrrole nitrogens is 1. The Morgan fingerprint density at radius 2 is 2.00 bits per heavy atom. The van der Waals surface area contributed by atoms with Gasteiger partial charge in [-0.15, -0.1) is 0 Å². The number of carboxylic acids is 1. The Kier molecular flexibility index (Phi) is 3.55. The molecule has 0 fully saturated rings. The maximum atomic E-state index is 12.0. The summed E-state index contributed by atoms with van der Waals surface area (Å²) in [6.45, 7) is 3.26. The second-order valence-electron chi connectivity index (χ2n) is 4.67. The van der Waals surface area contributed by atoms with Crippen LogP contribution in [-0.4, -0.2) is 28.0 Å². The summed E-state index contributed by atoms with van der Waals surface area (Å²) in [5.74, 6) is -1.81. The lowest BCUT2D eigenvalue weighted by Crippen LogP contribution is -2.40. The minimum atomic E-state index is -0.922. The molecule has 1 aromatic heterocycles. The first kappa shape index (κ1) is 13.1. The molecule has 1 heterocycles. The summed E-state index contributed by atoms with van der Waals surface area (Å²) in [5, 5.41) is 12.5. The van der Waals surface area contributed by atoms with E-state index in [-0.39, 0.29) is 5.91 Å². The molecule has 2 rings (SSSR count). The average Bonchev–Trinajstić information content (AvgIpc) is 2.84. The number of hydrogen-bond acceptors (Lipinski definition) is 2. The van der Waals surface area contributed by atoms with E-state index >= 15 is 0 Å². The summed E-state index contributed by atoms with van der Waals surface area (Å²) < 4.78 is 0. The Morgan fingerprint density at radius 1 is 1.26 bits per heavy atom. The maximum Gasteiger partial charge on any atom is 0.308 e. The van der Waals surface area contributed by atoms with Gasteiger partial charge < -0.3 is 15.4 Å². The summed E-state index contributed by atoms with van der Waals surface area (Å²) in [7, 11) is 0. The van der Waals surface area contributed by atoms with Crippen LogP contribution in [0.15, 0.2) is 30.5 Å². The van der Waals surface area contributed by atoms with Crippen LogP contribution < -0.4 is 5.32 Å². The first-order valence-corrected chi connectivity index (χ1v) is 6.10. The largest absolute Gasteiger partial charge is 0.481 e. The highest BCUT2D eigenvalue weighted by Gasteiger charge is 2.21. The van der Waals surface area contributed by atoms with E-state index in [9.17, 15) is 9.59 Å². The predicted molar refractivity (Wildman–Crippen MR) is 72.0 cm³/mol. The van der Waals surface area contributed by atoms with E-state index in [2.05, 4.69) is 10.3 Å². The standard InChI is InChI=1S/C14H16N2O3/c1-8(14(18)19)9(2)16-13(17)11-3-4-12-10(7-11)5-6-15-12/h3-9,15H,1-2H3,(H,16,17)(H,18,19). The molecule has 2 atom stereocenters. The molecule has 100 valence electrons. The van der Waals surface area contributed by atoms with Crippen molar-refractivity contribution in [3.05, 3.63) is 36.0 Å². The normalized spacial score (nSPS) is 14.0. The number of carboxylic acid groups (broad SMARTS) is 1. The monoisotopic (exact) mass is 260 g/mol. The minimum Gasteiger partial charge on any atom is -0.481 e. The van der Waals surface area contributed by atoms with Gasteiger partial charge in [-0.25, -0.2) is 0 Å². The van der Waals surface area contributed by atoms with Crippen LogP contribution in [0.4, 0.5) is 0 Å². The van der Waals surface area contributed by atoms with Crippen LogP contribution in [0.2, 0.25) is 0 Å². The van der Waals surface area contributed by atoms with Gasteiger partial charge in [0.05, 0.1) is 5.92 Å². The van der Waals surface area contributed by atoms with Gasteiger partial charge >= 0.3 is 5.97 Å². The fourth-order valence-corrected chi connectivity index (χ4v) is 1.82. The molecular formula is C14H16N2O3. The fraction of sp³-hybridized carbons (Fsp3) is 0.286. The number of aliphatic carboxylic acids is 1. The molecule has 0 spiro atoms. The number of aromatic nitrogens is 1. The van der Waals surface area contributed by atoms with E-state index in [1.807, 2.05) is 18.3 Å². The van der Waals surface area contributed by atoms with Gasteiger partial charge in [0, 0.05) is 28.7 Å². The van der Waals surface area contributed by atoms with Gasteiger partial charge in [0.1, 0.15) is 0 Å². The zero-order valence-electron chi connectivity index (χ0n) is 10.8. The van der Waals surface area contributed by atoms with Gasteiger partial charge in [0.2, 0.25) is 0 Å². The molecular weight excluding hydrogens is 244 g/mol. The third kappa shape index (κ3) is 2.76. The molecule has 0 radical (unpaired) electrons. The summed E-state index contributed by atoms with van der Waals surface area (Å²) in [6.07, 6.45) is 1.81. The number of rotatable bonds is 4. The molecule has 3 N–H and O–H groups in total. The smallest absolute Gasteiger partial charge is 0.308 e. The van der Waals surface area contributed by atoms with Crippen molar-refractivity contribution in [1.82, 2.24) is 10.3 Å². The van der Waals surface area contributed by atoms with Crippen LogP contribution in [0, 0.1) is 5.92 Å². The van der Waals surface area contributed by atoms with E-state index in [0.29, 0.717) is 5.56 Å².